The minimum absolute atomic E-state index is 0.289. The fraction of sp³-hybridized carbons (Fsp3) is 0. The van der Waals surface area contributed by atoms with Crippen molar-refractivity contribution in [3.63, 3.8) is 0 Å². The van der Waals surface area contributed by atoms with Crippen molar-refractivity contribution in [1.29, 1.82) is 0 Å². The lowest BCUT2D eigenvalue weighted by atomic mass is 10.6. The predicted octanol–water partition coefficient (Wildman–Crippen LogP) is 0.360. The zero-order valence-corrected chi connectivity index (χ0v) is 6.15. The number of fused-ring (bicyclic) bond motifs is 1. The third-order valence-corrected chi connectivity index (χ3v) is 1.48. The Bertz CT molecular complexity index is 395. The molecule has 6 heteroatoms. The van der Waals surface area contributed by atoms with E-state index in [0.29, 0.717) is 10.8 Å². The normalized spacial score (nSPS) is 10.6. The first-order valence-corrected chi connectivity index (χ1v) is 3.27. The molecule has 0 saturated heterocycles. The van der Waals surface area contributed by atoms with Crippen LogP contribution in [-0.4, -0.2) is 19.6 Å². The Balaban J connectivity index is 2.91. The van der Waals surface area contributed by atoms with Gasteiger partial charge >= 0.3 is 0 Å². The van der Waals surface area contributed by atoms with Gasteiger partial charge in [-0.2, -0.15) is 0 Å². The summed E-state index contributed by atoms with van der Waals surface area (Å²) in [5.74, 6) is 0.289. The summed E-state index contributed by atoms with van der Waals surface area (Å²) in [6, 6.07) is 1.59. The zero-order valence-electron chi connectivity index (χ0n) is 5.40. The van der Waals surface area contributed by atoms with Gasteiger partial charge in [-0.1, -0.05) is 11.6 Å². The Morgan fingerprint density at radius 2 is 2.36 bits per heavy atom. The van der Waals surface area contributed by atoms with Crippen LogP contribution in [-0.2, 0) is 0 Å². The molecule has 0 atom stereocenters. The van der Waals surface area contributed by atoms with E-state index in [2.05, 4.69) is 15.2 Å². The molecule has 0 spiro atoms. The van der Waals surface area contributed by atoms with Crippen molar-refractivity contribution in [3.05, 3.63) is 17.5 Å². The van der Waals surface area contributed by atoms with E-state index in [0.717, 1.165) is 0 Å². The van der Waals surface area contributed by atoms with Gasteiger partial charge < -0.3 is 5.73 Å². The zero-order chi connectivity index (χ0) is 7.84. The first-order chi connectivity index (χ1) is 5.27. The molecule has 5 nitrogen and oxygen atoms in total. The van der Waals surface area contributed by atoms with E-state index < -0.39 is 0 Å². The molecule has 2 rings (SSSR count). The van der Waals surface area contributed by atoms with Crippen molar-refractivity contribution in [2.45, 2.75) is 0 Å². The molecule has 56 valence electrons. The van der Waals surface area contributed by atoms with Crippen LogP contribution >= 0.6 is 11.6 Å². The monoisotopic (exact) mass is 169 g/mol. The fourth-order valence-electron chi connectivity index (χ4n) is 0.821. The van der Waals surface area contributed by atoms with Crippen LogP contribution < -0.4 is 5.73 Å². The van der Waals surface area contributed by atoms with Gasteiger partial charge in [0.1, 0.15) is 11.5 Å². The fourth-order valence-corrected chi connectivity index (χ4v) is 1.01. The summed E-state index contributed by atoms with van der Waals surface area (Å²) in [6.45, 7) is 0. The van der Waals surface area contributed by atoms with E-state index >= 15 is 0 Å². The summed E-state index contributed by atoms with van der Waals surface area (Å²) in [4.78, 5) is 3.80. The van der Waals surface area contributed by atoms with Gasteiger partial charge in [0.15, 0.2) is 5.65 Å². The molecule has 0 aliphatic heterocycles. The van der Waals surface area contributed by atoms with Crippen LogP contribution in [0.15, 0.2) is 12.4 Å². The van der Waals surface area contributed by atoms with Gasteiger partial charge in [0.05, 0.1) is 0 Å². The molecular formula is C5H4ClN5. The molecule has 0 bridgehead atoms. The Morgan fingerprint density at radius 3 is 3.18 bits per heavy atom. The maximum absolute atomic E-state index is 5.61. The molecule has 2 heterocycles. The standard InChI is InChI=1S/C5H4ClN5/c6-3-1-4-10-8-2-11(4)5(7)9-3/h1-2H,(H2,7,9). The van der Waals surface area contributed by atoms with Crippen molar-refractivity contribution in [2.24, 2.45) is 0 Å². The second-order valence-corrected chi connectivity index (χ2v) is 2.38. The summed E-state index contributed by atoms with van der Waals surface area (Å²) in [6.07, 6.45) is 1.48. The van der Waals surface area contributed by atoms with Gasteiger partial charge in [0, 0.05) is 6.07 Å². The third-order valence-electron chi connectivity index (χ3n) is 1.29. The number of anilines is 1. The minimum atomic E-state index is 0.289. The molecule has 2 N–H and O–H groups in total. The Hall–Kier alpha value is -1.36. The van der Waals surface area contributed by atoms with Gasteiger partial charge in [-0.25, -0.2) is 4.98 Å². The SMILES string of the molecule is Nc1nc(Cl)cc2nncn12. The van der Waals surface area contributed by atoms with E-state index in [1.807, 2.05) is 0 Å². The van der Waals surface area contributed by atoms with Crippen molar-refractivity contribution < 1.29 is 0 Å². The average molecular weight is 170 g/mol. The Morgan fingerprint density at radius 1 is 1.55 bits per heavy atom. The number of nitrogen functional groups attached to an aromatic ring is 1. The Kier molecular flexibility index (Phi) is 1.19. The van der Waals surface area contributed by atoms with Crippen molar-refractivity contribution in [3.8, 4) is 0 Å². The molecule has 0 aliphatic rings. The molecule has 11 heavy (non-hydrogen) atoms. The Labute approximate surface area is 66.8 Å². The summed E-state index contributed by atoms with van der Waals surface area (Å²) >= 11 is 5.61. The highest BCUT2D eigenvalue weighted by molar-refractivity contribution is 6.29. The molecule has 0 amide bonds. The number of hydrogen-bond donors (Lipinski definition) is 1. The van der Waals surface area contributed by atoms with E-state index in [9.17, 15) is 0 Å². The van der Waals surface area contributed by atoms with Crippen LogP contribution in [0.1, 0.15) is 0 Å². The number of aromatic nitrogens is 4. The van der Waals surface area contributed by atoms with Gasteiger partial charge in [0.2, 0.25) is 5.95 Å². The number of nitrogens with zero attached hydrogens (tertiary/aromatic N) is 4. The third kappa shape index (κ3) is 0.894. The number of rotatable bonds is 0. The van der Waals surface area contributed by atoms with Crippen LogP contribution in [0.3, 0.4) is 0 Å². The van der Waals surface area contributed by atoms with E-state index in [1.54, 1.807) is 10.5 Å². The van der Waals surface area contributed by atoms with Crippen LogP contribution in [0, 0.1) is 0 Å². The molecule has 0 aromatic carbocycles. The average Bonchev–Trinajstić information content (AvgIpc) is 2.34. The lowest BCUT2D eigenvalue weighted by Crippen LogP contribution is -1.98. The topological polar surface area (TPSA) is 69.1 Å². The molecule has 2 aromatic heterocycles. The summed E-state index contributed by atoms with van der Waals surface area (Å²) in [7, 11) is 0. The lowest BCUT2D eigenvalue weighted by Gasteiger charge is -1.95. The van der Waals surface area contributed by atoms with Crippen LogP contribution in [0.5, 0.6) is 0 Å². The quantitative estimate of drug-likeness (QED) is 0.579. The van der Waals surface area contributed by atoms with Crippen molar-refractivity contribution in [2.75, 3.05) is 5.73 Å². The first kappa shape index (κ1) is 6.36. The second kappa shape index (κ2) is 2.06. The molecule has 0 fully saturated rings. The largest absolute Gasteiger partial charge is 0.369 e. The van der Waals surface area contributed by atoms with Gasteiger partial charge in [-0.15, -0.1) is 10.2 Å². The first-order valence-electron chi connectivity index (χ1n) is 2.89. The van der Waals surface area contributed by atoms with Gasteiger partial charge in [-0.3, -0.25) is 4.40 Å². The summed E-state index contributed by atoms with van der Waals surface area (Å²) < 4.78 is 1.55. The smallest absolute Gasteiger partial charge is 0.208 e. The van der Waals surface area contributed by atoms with E-state index in [-0.39, 0.29) is 5.95 Å². The van der Waals surface area contributed by atoms with Crippen LogP contribution in [0.2, 0.25) is 5.15 Å². The molecular weight excluding hydrogens is 166 g/mol. The molecule has 0 aliphatic carbocycles. The highest BCUT2D eigenvalue weighted by Gasteiger charge is 2.00. The van der Waals surface area contributed by atoms with Gasteiger partial charge in [-0.05, 0) is 0 Å². The highest BCUT2D eigenvalue weighted by Crippen LogP contribution is 2.10. The molecule has 0 radical (unpaired) electrons. The van der Waals surface area contributed by atoms with E-state index in [4.69, 9.17) is 17.3 Å². The molecule has 0 unspecified atom stereocenters. The van der Waals surface area contributed by atoms with Crippen molar-refractivity contribution in [1.82, 2.24) is 19.6 Å². The van der Waals surface area contributed by atoms with Crippen LogP contribution in [0.4, 0.5) is 5.95 Å². The lowest BCUT2D eigenvalue weighted by molar-refractivity contribution is 1.08. The number of halogens is 1. The maximum atomic E-state index is 5.61. The summed E-state index contributed by atoms with van der Waals surface area (Å²) in [5.41, 5.74) is 6.09. The number of hydrogen-bond acceptors (Lipinski definition) is 4. The second-order valence-electron chi connectivity index (χ2n) is 2.00. The van der Waals surface area contributed by atoms with Gasteiger partial charge in [0.25, 0.3) is 0 Å². The summed E-state index contributed by atoms with van der Waals surface area (Å²) in [5, 5.41) is 7.71. The molecule has 0 saturated carbocycles. The highest BCUT2D eigenvalue weighted by atomic mass is 35.5. The number of nitrogens with two attached hydrogens (primary N) is 1. The minimum Gasteiger partial charge on any atom is -0.369 e. The molecule has 2 aromatic rings. The van der Waals surface area contributed by atoms with E-state index in [1.165, 1.54) is 6.33 Å². The predicted molar refractivity (Wildman–Crippen MR) is 40.2 cm³/mol. The van der Waals surface area contributed by atoms with Crippen LogP contribution in [0.25, 0.3) is 5.65 Å². The maximum Gasteiger partial charge on any atom is 0.208 e. The van der Waals surface area contributed by atoms with Crippen molar-refractivity contribution >= 4 is 23.2 Å².